The van der Waals surface area contributed by atoms with E-state index >= 15 is 0 Å². The third-order valence-electron chi connectivity index (χ3n) is 2.23. The highest BCUT2D eigenvalue weighted by molar-refractivity contribution is 5.93. The zero-order valence-corrected chi connectivity index (χ0v) is 10.1. The summed E-state index contributed by atoms with van der Waals surface area (Å²) < 4.78 is 0. The minimum atomic E-state index is 0.132. The van der Waals surface area contributed by atoms with Crippen molar-refractivity contribution in [2.45, 2.75) is 41.5 Å². The van der Waals surface area contributed by atoms with Crippen LogP contribution in [0.4, 0.5) is 0 Å². The molecule has 0 aromatic carbocycles. The van der Waals surface area contributed by atoms with Crippen LogP contribution in [0, 0.1) is 0 Å². The fourth-order valence-electron chi connectivity index (χ4n) is 0.971. The van der Waals surface area contributed by atoms with Gasteiger partial charge in [-0.25, -0.2) is 0 Å². The van der Waals surface area contributed by atoms with E-state index in [0.717, 1.165) is 11.1 Å². The number of hydrogen-bond donors (Lipinski definition) is 0. The van der Waals surface area contributed by atoms with Crippen LogP contribution in [0.25, 0.3) is 0 Å². The summed E-state index contributed by atoms with van der Waals surface area (Å²) in [5.41, 5.74) is 4.49. The first-order chi connectivity index (χ1) is 6.34. The highest BCUT2D eigenvalue weighted by atomic mass is 16.1. The van der Waals surface area contributed by atoms with Crippen LogP contribution in [0.3, 0.4) is 0 Å². The highest BCUT2D eigenvalue weighted by Gasteiger charge is 1.95. The Kier molecular flexibility index (Phi) is 5.14. The second kappa shape index (κ2) is 5.58. The lowest BCUT2D eigenvalue weighted by Gasteiger charge is -1.99. The van der Waals surface area contributed by atoms with E-state index in [-0.39, 0.29) is 5.78 Å². The summed E-state index contributed by atoms with van der Waals surface area (Å²) in [5.74, 6) is 0.132. The smallest absolute Gasteiger partial charge is 0.155 e. The molecule has 0 N–H and O–H groups in total. The Morgan fingerprint density at radius 1 is 0.857 bits per heavy atom. The number of hydrogen-bond acceptors (Lipinski definition) is 1. The highest BCUT2D eigenvalue weighted by Crippen LogP contribution is 2.09. The predicted molar refractivity (Wildman–Crippen MR) is 62.2 cm³/mol. The van der Waals surface area contributed by atoms with E-state index in [0.29, 0.717) is 0 Å². The van der Waals surface area contributed by atoms with Crippen molar-refractivity contribution in [3.05, 3.63) is 34.4 Å². The molecule has 0 aliphatic heterocycles. The summed E-state index contributed by atoms with van der Waals surface area (Å²) in [6, 6.07) is 0. The van der Waals surface area contributed by atoms with E-state index in [1.54, 1.807) is 6.92 Å². The van der Waals surface area contributed by atoms with Gasteiger partial charge in [0.05, 0.1) is 0 Å². The first-order valence-electron chi connectivity index (χ1n) is 4.86. The minimum Gasteiger partial charge on any atom is -0.295 e. The first kappa shape index (κ1) is 12.9. The maximum Gasteiger partial charge on any atom is 0.155 e. The lowest BCUT2D eigenvalue weighted by molar-refractivity contribution is -0.113. The molecule has 14 heavy (non-hydrogen) atoms. The lowest BCUT2D eigenvalue weighted by atomic mass is 10.1. The normalized spacial score (nSPS) is 12.7. The molecule has 0 atom stereocenters. The van der Waals surface area contributed by atoms with Crippen LogP contribution >= 0.6 is 0 Å². The number of Topliss-reactive ketones (excluding diaryl/α,β-unsaturated/α-hetero) is 1. The van der Waals surface area contributed by atoms with Gasteiger partial charge in [-0.3, -0.25) is 4.79 Å². The van der Waals surface area contributed by atoms with E-state index in [9.17, 15) is 4.79 Å². The molecule has 0 heterocycles. The van der Waals surface area contributed by atoms with Gasteiger partial charge >= 0.3 is 0 Å². The van der Waals surface area contributed by atoms with Gasteiger partial charge in [-0.05, 0) is 47.1 Å². The molecule has 0 fully saturated rings. The van der Waals surface area contributed by atoms with E-state index in [1.165, 1.54) is 11.1 Å². The molecule has 78 valence electrons. The van der Waals surface area contributed by atoms with Crippen LogP contribution in [0.15, 0.2) is 34.4 Å². The fourth-order valence-corrected chi connectivity index (χ4v) is 0.971. The van der Waals surface area contributed by atoms with Gasteiger partial charge in [0.25, 0.3) is 0 Å². The topological polar surface area (TPSA) is 17.1 Å². The number of carbonyl (C=O) groups excluding carboxylic acids is 1. The summed E-state index contributed by atoms with van der Waals surface area (Å²) in [6.07, 6.45) is 4.02. The third-order valence-corrected chi connectivity index (χ3v) is 2.23. The number of allylic oxidation sites excluding steroid dienone is 6. The zero-order valence-electron chi connectivity index (χ0n) is 10.1. The summed E-state index contributed by atoms with van der Waals surface area (Å²) in [6.45, 7) is 11.7. The van der Waals surface area contributed by atoms with E-state index in [2.05, 4.69) is 26.8 Å². The molecule has 0 unspecified atom stereocenters. The molecule has 0 aliphatic rings. The third kappa shape index (κ3) is 4.80. The summed E-state index contributed by atoms with van der Waals surface area (Å²) in [5, 5.41) is 0. The molecule has 0 radical (unpaired) electrons. The zero-order chi connectivity index (χ0) is 11.3. The van der Waals surface area contributed by atoms with Crippen molar-refractivity contribution < 1.29 is 4.79 Å². The van der Waals surface area contributed by atoms with Crippen molar-refractivity contribution in [1.29, 1.82) is 0 Å². The Morgan fingerprint density at radius 3 is 1.71 bits per heavy atom. The summed E-state index contributed by atoms with van der Waals surface area (Å²) in [4.78, 5) is 11.0. The standard InChI is InChI=1S/C13H20O/c1-9(2)11(4)7-10(3)8-12(5)13(6)14/h7-8H,1-6H3/b10-7?,12-8-. The molecule has 0 rings (SSSR count). The SMILES string of the molecule is CC(=O)/C(C)=C\C(C)=CC(C)=C(C)C. The second-order valence-corrected chi connectivity index (χ2v) is 3.95. The number of carbonyl (C=O) groups is 1. The van der Waals surface area contributed by atoms with Crippen molar-refractivity contribution in [3.8, 4) is 0 Å². The number of rotatable bonds is 3. The summed E-state index contributed by atoms with van der Waals surface area (Å²) in [7, 11) is 0. The molecule has 1 heteroatoms. The Bertz CT molecular complexity index is 310. The van der Waals surface area contributed by atoms with E-state index in [1.807, 2.05) is 19.9 Å². The van der Waals surface area contributed by atoms with Gasteiger partial charge in [-0.15, -0.1) is 0 Å². The molecule has 0 spiro atoms. The average Bonchev–Trinajstić information content (AvgIpc) is 2.03. The molecule has 0 saturated heterocycles. The van der Waals surface area contributed by atoms with Gasteiger partial charge in [-0.2, -0.15) is 0 Å². The minimum absolute atomic E-state index is 0.132. The molecule has 0 aliphatic carbocycles. The van der Waals surface area contributed by atoms with Gasteiger partial charge < -0.3 is 0 Å². The van der Waals surface area contributed by atoms with Crippen LogP contribution in [0.5, 0.6) is 0 Å². The largest absolute Gasteiger partial charge is 0.295 e. The van der Waals surface area contributed by atoms with Crippen molar-refractivity contribution >= 4 is 5.78 Å². The Morgan fingerprint density at radius 2 is 1.36 bits per heavy atom. The van der Waals surface area contributed by atoms with Gasteiger partial charge in [0, 0.05) is 0 Å². The summed E-state index contributed by atoms with van der Waals surface area (Å²) >= 11 is 0. The molecular weight excluding hydrogens is 172 g/mol. The maximum atomic E-state index is 11.0. The van der Waals surface area contributed by atoms with Crippen molar-refractivity contribution in [1.82, 2.24) is 0 Å². The lowest BCUT2D eigenvalue weighted by Crippen LogP contribution is -1.91. The molecule has 0 saturated carbocycles. The van der Waals surface area contributed by atoms with Gasteiger partial charge in [-0.1, -0.05) is 28.9 Å². The Labute approximate surface area is 87.2 Å². The van der Waals surface area contributed by atoms with Crippen molar-refractivity contribution in [2.75, 3.05) is 0 Å². The van der Waals surface area contributed by atoms with E-state index in [4.69, 9.17) is 0 Å². The quantitative estimate of drug-likeness (QED) is 0.490. The number of ketones is 1. The molecule has 0 aromatic rings. The van der Waals surface area contributed by atoms with Crippen LogP contribution in [-0.2, 0) is 4.79 Å². The molecule has 0 amide bonds. The van der Waals surface area contributed by atoms with Crippen molar-refractivity contribution in [3.63, 3.8) is 0 Å². The monoisotopic (exact) mass is 192 g/mol. The maximum absolute atomic E-state index is 11.0. The fraction of sp³-hybridized carbons (Fsp3) is 0.462. The van der Waals surface area contributed by atoms with Crippen molar-refractivity contribution in [2.24, 2.45) is 0 Å². The van der Waals surface area contributed by atoms with Gasteiger partial charge in [0.1, 0.15) is 0 Å². The van der Waals surface area contributed by atoms with Gasteiger partial charge in [0.2, 0.25) is 0 Å². The van der Waals surface area contributed by atoms with Gasteiger partial charge in [0.15, 0.2) is 5.78 Å². The predicted octanol–water partition coefficient (Wildman–Crippen LogP) is 3.82. The molecule has 0 bridgehead atoms. The first-order valence-corrected chi connectivity index (χ1v) is 4.86. The van der Waals surface area contributed by atoms with Crippen LogP contribution < -0.4 is 0 Å². The average molecular weight is 192 g/mol. The van der Waals surface area contributed by atoms with E-state index < -0.39 is 0 Å². The molecule has 1 nitrogen and oxygen atoms in total. The Balaban J connectivity index is 4.82. The molecular formula is C13H20O. The molecule has 0 aromatic heterocycles. The second-order valence-electron chi connectivity index (χ2n) is 3.95. The van der Waals surface area contributed by atoms with Crippen LogP contribution in [0.2, 0.25) is 0 Å². The van der Waals surface area contributed by atoms with Crippen LogP contribution in [-0.4, -0.2) is 5.78 Å². The van der Waals surface area contributed by atoms with Crippen LogP contribution in [0.1, 0.15) is 41.5 Å². The Hall–Kier alpha value is -1.11.